The van der Waals surface area contributed by atoms with E-state index in [1.807, 2.05) is 12.1 Å². The predicted molar refractivity (Wildman–Crippen MR) is 70.5 cm³/mol. The van der Waals surface area contributed by atoms with Crippen molar-refractivity contribution in [1.82, 2.24) is 0 Å². The van der Waals surface area contributed by atoms with Crippen molar-refractivity contribution in [3.8, 4) is 11.1 Å². The molecule has 0 fully saturated rings. The van der Waals surface area contributed by atoms with E-state index in [2.05, 4.69) is 43.3 Å². The number of aryl methyl sites for hydroxylation is 1. The summed E-state index contributed by atoms with van der Waals surface area (Å²) in [6, 6.07) is 16.6. The van der Waals surface area contributed by atoms with Crippen LogP contribution in [-0.4, -0.2) is 18.8 Å². The van der Waals surface area contributed by atoms with Gasteiger partial charge in [-0.25, -0.2) is 0 Å². The monoisotopic (exact) mass is 226 g/mol. The van der Waals surface area contributed by atoms with E-state index in [9.17, 15) is 0 Å². The third-order valence-corrected chi connectivity index (χ3v) is 2.61. The topological polar surface area (TPSA) is 60.0 Å². The van der Waals surface area contributed by atoms with Gasteiger partial charge < -0.3 is 11.0 Å². The quantitative estimate of drug-likeness (QED) is 0.738. The molecule has 17 heavy (non-hydrogen) atoms. The van der Waals surface area contributed by atoms with Crippen LogP contribution < -0.4 is 5.46 Å². The Hall–Kier alpha value is -1.58. The normalized spacial score (nSPS) is 9.12. The molecule has 2 nitrogen and oxygen atoms in total. The summed E-state index contributed by atoms with van der Waals surface area (Å²) in [6.45, 7) is 2.16. The molecule has 0 saturated heterocycles. The minimum absolute atomic E-state index is 0. The molecule has 0 saturated carbocycles. The summed E-state index contributed by atoms with van der Waals surface area (Å²) in [4.78, 5) is 0. The average Bonchev–Trinajstić information content (AvgIpc) is 2.30. The molecule has 2 aromatic rings. The van der Waals surface area contributed by atoms with Crippen molar-refractivity contribution < 1.29 is 11.0 Å². The van der Waals surface area contributed by atoms with Gasteiger partial charge in [0, 0.05) is 0 Å². The Balaban J connectivity index is 0.00000128. The molecule has 0 aliphatic heterocycles. The van der Waals surface area contributed by atoms with Crippen LogP contribution in [0.3, 0.4) is 0 Å². The van der Waals surface area contributed by atoms with Gasteiger partial charge >= 0.3 is 91.9 Å². The standard InChI is InChI=1S/C14H13B.2H2O/c1-2-11-3-5-12(6-4-11)13-7-9-14(15)10-8-13;;/h3-10H,2H2,1H3;2*1H2/q+2;;/p-2. The van der Waals surface area contributed by atoms with Gasteiger partial charge in [-0.15, -0.1) is 0 Å². The molecule has 0 amide bonds. The fourth-order valence-corrected chi connectivity index (χ4v) is 1.61. The van der Waals surface area contributed by atoms with E-state index in [0.29, 0.717) is 0 Å². The van der Waals surface area contributed by atoms with E-state index < -0.39 is 0 Å². The molecule has 0 bridgehead atoms. The summed E-state index contributed by atoms with van der Waals surface area (Å²) in [5.41, 5.74) is 4.64. The Kier molecular flexibility index (Phi) is 6.25. The first-order chi connectivity index (χ1) is 7.29. The van der Waals surface area contributed by atoms with Gasteiger partial charge in [-0.3, -0.25) is 0 Å². The van der Waals surface area contributed by atoms with Crippen LogP contribution in [0.25, 0.3) is 11.1 Å². The van der Waals surface area contributed by atoms with E-state index in [4.69, 9.17) is 7.85 Å². The molecular formula is C14H15BO2. The molecule has 0 heterocycles. The minimum Gasteiger partial charge on any atom is -0.870 e. The fraction of sp³-hybridized carbons (Fsp3) is 0.143. The van der Waals surface area contributed by atoms with Crippen LogP contribution in [0.4, 0.5) is 0 Å². The van der Waals surface area contributed by atoms with Crippen LogP contribution in [0.5, 0.6) is 0 Å². The Bertz CT molecular complexity index is 435. The van der Waals surface area contributed by atoms with E-state index >= 15 is 0 Å². The van der Waals surface area contributed by atoms with Crippen LogP contribution in [0.1, 0.15) is 12.5 Å². The van der Waals surface area contributed by atoms with Crippen molar-refractivity contribution >= 4 is 13.3 Å². The zero-order valence-corrected chi connectivity index (χ0v) is 9.80. The van der Waals surface area contributed by atoms with Gasteiger partial charge in [-0.1, -0.05) is 0 Å². The maximum atomic E-state index is 5.65. The molecule has 0 unspecified atom stereocenters. The third kappa shape index (κ3) is 3.73. The van der Waals surface area contributed by atoms with E-state index in [-0.39, 0.29) is 11.0 Å². The summed E-state index contributed by atoms with van der Waals surface area (Å²) >= 11 is 0. The van der Waals surface area contributed by atoms with Crippen LogP contribution in [-0.2, 0) is 6.42 Å². The average molecular weight is 226 g/mol. The number of hydrogen-bond donors (Lipinski definition) is 0. The molecular weight excluding hydrogens is 211 g/mol. The summed E-state index contributed by atoms with van der Waals surface area (Å²) in [5, 5.41) is 0. The second kappa shape index (κ2) is 6.89. The minimum atomic E-state index is 0. The van der Waals surface area contributed by atoms with Crippen molar-refractivity contribution in [3.63, 3.8) is 0 Å². The summed E-state index contributed by atoms with van der Waals surface area (Å²) in [5.74, 6) is 0. The second-order valence-electron chi connectivity index (χ2n) is 3.67. The maximum Gasteiger partial charge on any atom is -0.870 e. The number of hydrogen-bond acceptors (Lipinski definition) is 2. The van der Waals surface area contributed by atoms with Gasteiger partial charge in [-0.05, 0) is 0 Å². The first-order valence-electron chi connectivity index (χ1n) is 5.24. The molecule has 86 valence electrons. The zero-order chi connectivity index (χ0) is 10.7. The maximum absolute atomic E-state index is 5.65. The molecule has 0 spiro atoms. The molecule has 0 atom stereocenters. The second-order valence-corrected chi connectivity index (χ2v) is 3.67. The molecule has 2 N–H and O–H groups in total. The predicted octanol–water partition coefficient (Wildman–Crippen LogP) is 2.36. The van der Waals surface area contributed by atoms with Crippen molar-refractivity contribution in [2.24, 2.45) is 0 Å². The van der Waals surface area contributed by atoms with Crippen LogP contribution >= 0.6 is 0 Å². The van der Waals surface area contributed by atoms with Crippen LogP contribution in [0, 0.1) is 0 Å². The van der Waals surface area contributed by atoms with Gasteiger partial charge in [0.15, 0.2) is 0 Å². The van der Waals surface area contributed by atoms with Gasteiger partial charge in [0.05, 0.1) is 0 Å². The molecule has 0 radical (unpaired) electrons. The summed E-state index contributed by atoms with van der Waals surface area (Å²) < 4.78 is 0. The molecule has 2 rings (SSSR count). The molecule has 3 heteroatoms. The fourth-order valence-electron chi connectivity index (χ4n) is 1.61. The Morgan fingerprint density at radius 3 is 1.59 bits per heavy atom. The first kappa shape index (κ1) is 15.4. The molecule has 0 aliphatic carbocycles. The zero-order valence-electron chi connectivity index (χ0n) is 9.80. The van der Waals surface area contributed by atoms with Crippen molar-refractivity contribution in [2.75, 3.05) is 0 Å². The Morgan fingerprint density at radius 2 is 1.18 bits per heavy atom. The Labute approximate surface area is 103 Å². The largest absolute Gasteiger partial charge is 0.870 e. The van der Waals surface area contributed by atoms with Gasteiger partial charge in [0.2, 0.25) is 0 Å². The van der Waals surface area contributed by atoms with Crippen LogP contribution in [0.2, 0.25) is 0 Å². The van der Waals surface area contributed by atoms with Crippen molar-refractivity contribution in [2.45, 2.75) is 13.3 Å². The van der Waals surface area contributed by atoms with E-state index in [1.165, 1.54) is 16.7 Å². The molecule has 2 aromatic carbocycles. The SMILES string of the molecule is [B+2]c1ccc(-c2ccc(CC)cc2)cc1.[OH-].[OH-]. The number of rotatable bonds is 2. The summed E-state index contributed by atoms with van der Waals surface area (Å²) in [7, 11) is 5.65. The van der Waals surface area contributed by atoms with E-state index in [0.717, 1.165) is 11.9 Å². The van der Waals surface area contributed by atoms with Gasteiger partial charge in [0.1, 0.15) is 0 Å². The van der Waals surface area contributed by atoms with Gasteiger partial charge in [-0.2, -0.15) is 0 Å². The first-order valence-corrected chi connectivity index (χ1v) is 5.24. The van der Waals surface area contributed by atoms with Crippen LogP contribution in [0.15, 0.2) is 48.5 Å². The number of benzene rings is 2. The smallest absolute Gasteiger partial charge is 0.870 e. The summed E-state index contributed by atoms with van der Waals surface area (Å²) in [6.07, 6.45) is 1.09. The van der Waals surface area contributed by atoms with Crippen molar-refractivity contribution in [3.05, 3.63) is 54.1 Å². The Morgan fingerprint density at radius 1 is 0.765 bits per heavy atom. The third-order valence-electron chi connectivity index (χ3n) is 2.61. The van der Waals surface area contributed by atoms with Gasteiger partial charge in [0.25, 0.3) is 0 Å². The van der Waals surface area contributed by atoms with Crippen molar-refractivity contribution in [1.29, 1.82) is 0 Å². The van der Waals surface area contributed by atoms with E-state index in [1.54, 1.807) is 0 Å². The molecule has 0 aromatic heterocycles. The molecule has 0 aliphatic rings.